The van der Waals surface area contributed by atoms with Gasteiger partial charge in [0.05, 0.1) is 22.2 Å². The number of fused-ring (bicyclic) bond motifs is 1. The van der Waals surface area contributed by atoms with Crippen LogP contribution in [0.1, 0.15) is 30.7 Å². The topological polar surface area (TPSA) is 36.4 Å². The maximum absolute atomic E-state index is 12.6. The highest BCUT2D eigenvalue weighted by Crippen LogP contribution is 2.26. The second-order valence-electron chi connectivity index (χ2n) is 7.01. The number of nitrogens with zero attached hydrogens (tertiary/aromatic N) is 3. The third-order valence-corrected chi connectivity index (χ3v) is 6.19. The zero-order valence-corrected chi connectivity index (χ0v) is 15.4. The number of likely N-dealkylation sites (tertiary alicyclic amines) is 2. The molecular weight excluding hydrogens is 330 g/mol. The summed E-state index contributed by atoms with van der Waals surface area (Å²) >= 11 is 1.62. The number of amides is 1. The highest BCUT2D eigenvalue weighted by molar-refractivity contribution is 7.19. The molecule has 2 fully saturated rings. The highest BCUT2D eigenvalue weighted by Gasteiger charge is 2.37. The van der Waals surface area contributed by atoms with E-state index in [1.54, 1.807) is 11.3 Å². The molecule has 5 heteroatoms. The minimum absolute atomic E-state index is 0.00861. The fourth-order valence-electron chi connectivity index (χ4n) is 3.80. The molecule has 0 N–H and O–H groups in total. The molecule has 0 aliphatic carbocycles. The third kappa shape index (κ3) is 3.56. The zero-order chi connectivity index (χ0) is 17.2. The normalized spacial score (nSPS) is 24.5. The molecule has 2 aromatic rings. The van der Waals surface area contributed by atoms with Gasteiger partial charge in [-0.25, -0.2) is 4.98 Å². The van der Waals surface area contributed by atoms with Crippen molar-refractivity contribution < 1.29 is 4.79 Å². The average molecular weight is 353 g/mol. The van der Waals surface area contributed by atoms with E-state index in [1.165, 1.54) is 19.3 Å². The zero-order valence-electron chi connectivity index (χ0n) is 14.6. The number of hydrogen-bond acceptors (Lipinski definition) is 4. The van der Waals surface area contributed by atoms with E-state index < -0.39 is 0 Å². The van der Waals surface area contributed by atoms with Crippen LogP contribution in [0.15, 0.2) is 24.3 Å². The van der Waals surface area contributed by atoms with E-state index in [4.69, 9.17) is 0 Å². The van der Waals surface area contributed by atoms with Crippen molar-refractivity contribution in [1.29, 1.82) is 0 Å². The van der Waals surface area contributed by atoms with Crippen LogP contribution >= 0.6 is 11.3 Å². The second kappa shape index (κ2) is 7.15. The largest absolute Gasteiger partial charge is 0.332 e. The standard InChI is InChI=1S/C20H23N3OS/c1-22-16(9-10-19-21-17-7-3-4-8-18(17)25-19)13-15(20(22)24)14-23-11-5-2-6-12-23/h3-4,7-8,15-16H,2,5-6,11-14H2,1H3. The van der Waals surface area contributed by atoms with Gasteiger partial charge in [-0.1, -0.05) is 24.5 Å². The van der Waals surface area contributed by atoms with E-state index in [0.29, 0.717) is 0 Å². The molecular formula is C20H23N3OS. The van der Waals surface area contributed by atoms with E-state index in [-0.39, 0.29) is 17.9 Å². The smallest absolute Gasteiger partial charge is 0.227 e. The number of benzene rings is 1. The number of thiazole rings is 1. The van der Waals surface area contributed by atoms with Crippen LogP contribution in [0.3, 0.4) is 0 Å². The van der Waals surface area contributed by atoms with Crippen molar-refractivity contribution in [1.82, 2.24) is 14.8 Å². The van der Waals surface area contributed by atoms with E-state index >= 15 is 0 Å². The van der Waals surface area contributed by atoms with Crippen LogP contribution in [0.2, 0.25) is 0 Å². The Morgan fingerprint density at radius 3 is 2.84 bits per heavy atom. The molecule has 0 saturated carbocycles. The first-order chi connectivity index (χ1) is 12.2. The number of rotatable bonds is 2. The molecule has 2 atom stereocenters. The Kier molecular flexibility index (Phi) is 4.74. The molecule has 2 aliphatic heterocycles. The van der Waals surface area contributed by atoms with E-state index in [2.05, 4.69) is 27.8 Å². The molecule has 0 radical (unpaired) electrons. The monoisotopic (exact) mass is 353 g/mol. The lowest BCUT2D eigenvalue weighted by atomic mass is 10.0. The summed E-state index contributed by atoms with van der Waals surface area (Å²) in [4.78, 5) is 21.4. The minimum atomic E-state index is 0.00861. The average Bonchev–Trinajstić information content (AvgIpc) is 3.17. The molecule has 4 rings (SSSR count). The number of piperidine rings is 1. The van der Waals surface area contributed by atoms with E-state index in [9.17, 15) is 4.79 Å². The van der Waals surface area contributed by atoms with Gasteiger partial charge in [0.25, 0.3) is 0 Å². The van der Waals surface area contributed by atoms with Gasteiger partial charge in [0.1, 0.15) is 0 Å². The first-order valence-electron chi connectivity index (χ1n) is 9.07. The van der Waals surface area contributed by atoms with Gasteiger partial charge in [0, 0.05) is 13.6 Å². The Balaban J connectivity index is 1.45. The summed E-state index contributed by atoms with van der Waals surface area (Å²) in [6.07, 6.45) is 4.68. The summed E-state index contributed by atoms with van der Waals surface area (Å²) < 4.78 is 1.16. The molecule has 2 unspecified atom stereocenters. The van der Waals surface area contributed by atoms with Crippen LogP contribution in [-0.4, -0.2) is 53.4 Å². The highest BCUT2D eigenvalue weighted by atomic mass is 32.1. The maximum Gasteiger partial charge on any atom is 0.227 e. The van der Waals surface area contributed by atoms with Gasteiger partial charge in [0.2, 0.25) is 5.91 Å². The Morgan fingerprint density at radius 1 is 1.24 bits per heavy atom. The molecule has 1 aromatic heterocycles. The van der Waals surface area contributed by atoms with Crippen LogP contribution in [0.25, 0.3) is 10.2 Å². The molecule has 25 heavy (non-hydrogen) atoms. The van der Waals surface area contributed by atoms with Crippen LogP contribution < -0.4 is 0 Å². The van der Waals surface area contributed by atoms with Crippen molar-refractivity contribution in [2.24, 2.45) is 5.92 Å². The molecule has 2 aliphatic rings. The van der Waals surface area contributed by atoms with Crippen LogP contribution in [0.5, 0.6) is 0 Å². The lowest BCUT2D eigenvalue weighted by Crippen LogP contribution is -2.37. The predicted molar refractivity (Wildman–Crippen MR) is 101 cm³/mol. The summed E-state index contributed by atoms with van der Waals surface area (Å²) in [5.74, 6) is 6.83. The summed E-state index contributed by atoms with van der Waals surface area (Å²) in [5.41, 5.74) is 0.996. The number of aromatic nitrogens is 1. The Bertz CT molecular complexity index is 795. The predicted octanol–water partition coefficient (Wildman–Crippen LogP) is 2.98. The minimum Gasteiger partial charge on any atom is -0.332 e. The Labute approximate surface area is 152 Å². The second-order valence-corrected chi connectivity index (χ2v) is 8.05. The Hall–Kier alpha value is -1.90. The fourth-order valence-corrected chi connectivity index (χ4v) is 4.63. The fraction of sp³-hybridized carbons (Fsp3) is 0.500. The lowest BCUT2D eigenvalue weighted by Gasteiger charge is -2.28. The van der Waals surface area contributed by atoms with Crippen molar-refractivity contribution in [3.05, 3.63) is 29.3 Å². The molecule has 1 aromatic carbocycles. The molecule has 3 heterocycles. The molecule has 2 saturated heterocycles. The molecule has 0 spiro atoms. The molecule has 1 amide bonds. The van der Waals surface area contributed by atoms with Gasteiger partial charge < -0.3 is 9.80 Å². The van der Waals surface area contributed by atoms with Crippen molar-refractivity contribution in [3.8, 4) is 11.8 Å². The number of hydrogen-bond donors (Lipinski definition) is 0. The SMILES string of the molecule is CN1C(=O)C(CN2CCCCC2)CC1C#Cc1nc2ccccc2s1. The van der Waals surface area contributed by atoms with Crippen LogP contribution in [0, 0.1) is 17.8 Å². The number of carbonyl (C=O) groups excluding carboxylic acids is 1. The summed E-state index contributed by atoms with van der Waals surface area (Å²) in [7, 11) is 1.89. The quantitative estimate of drug-likeness (QED) is 0.779. The number of carbonyl (C=O) groups is 1. The summed E-state index contributed by atoms with van der Waals surface area (Å²) in [6.45, 7) is 3.16. The van der Waals surface area contributed by atoms with Crippen LogP contribution in [0.4, 0.5) is 0 Å². The van der Waals surface area contributed by atoms with E-state index in [0.717, 1.165) is 41.3 Å². The third-order valence-electron chi connectivity index (χ3n) is 5.24. The Morgan fingerprint density at radius 2 is 2.04 bits per heavy atom. The molecule has 4 nitrogen and oxygen atoms in total. The van der Waals surface area contributed by atoms with Gasteiger partial charge in [0.15, 0.2) is 5.01 Å². The van der Waals surface area contributed by atoms with Crippen molar-refractivity contribution in [3.63, 3.8) is 0 Å². The summed E-state index contributed by atoms with van der Waals surface area (Å²) in [5, 5.41) is 0.835. The van der Waals surface area contributed by atoms with Gasteiger partial charge in [-0.15, -0.1) is 11.3 Å². The molecule has 130 valence electrons. The lowest BCUT2D eigenvalue weighted by molar-refractivity contribution is -0.130. The first kappa shape index (κ1) is 16.6. The van der Waals surface area contributed by atoms with Gasteiger partial charge >= 0.3 is 0 Å². The van der Waals surface area contributed by atoms with Gasteiger partial charge in [-0.2, -0.15) is 0 Å². The van der Waals surface area contributed by atoms with E-state index in [1.807, 2.05) is 30.1 Å². The van der Waals surface area contributed by atoms with Crippen molar-refractivity contribution in [2.75, 3.05) is 26.7 Å². The first-order valence-corrected chi connectivity index (χ1v) is 9.88. The number of para-hydroxylation sites is 1. The van der Waals surface area contributed by atoms with Gasteiger partial charge in [-0.05, 0) is 50.4 Å². The molecule has 0 bridgehead atoms. The van der Waals surface area contributed by atoms with Crippen LogP contribution in [-0.2, 0) is 4.79 Å². The van der Waals surface area contributed by atoms with Crippen molar-refractivity contribution in [2.45, 2.75) is 31.7 Å². The van der Waals surface area contributed by atoms with Gasteiger partial charge in [-0.3, -0.25) is 4.79 Å². The summed E-state index contributed by atoms with van der Waals surface area (Å²) in [6, 6.07) is 8.10. The maximum atomic E-state index is 12.6. The van der Waals surface area contributed by atoms with Crippen molar-refractivity contribution >= 4 is 27.5 Å².